The molecular weight excluding hydrogens is 298 g/mol. The fraction of sp³-hybridized carbons (Fsp3) is 0.417. The number of primary amides is 1. The summed E-state index contributed by atoms with van der Waals surface area (Å²) in [7, 11) is -3.16. The second kappa shape index (κ2) is 5.68. The van der Waals surface area contributed by atoms with E-state index >= 15 is 0 Å². The predicted molar refractivity (Wildman–Crippen MR) is 74.8 cm³/mol. The number of carboxylic acids is 1. The summed E-state index contributed by atoms with van der Waals surface area (Å²) in [4.78, 5) is 27.6. The highest BCUT2D eigenvalue weighted by Crippen LogP contribution is 2.23. The first kappa shape index (κ1) is 15.2. The van der Waals surface area contributed by atoms with E-state index in [0.717, 1.165) is 0 Å². The van der Waals surface area contributed by atoms with Crippen molar-refractivity contribution in [2.24, 2.45) is 5.73 Å². The summed E-state index contributed by atoms with van der Waals surface area (Å²) in [6, 6.07) is 4.00. The number of carbonyl (C=O) groups excluding carboxylic acids is 1. The van der Waals surface area contributed by atoms with Gasteiger partial charge in [-0.05, 0) is 18.6 Å². The highest BCUT2D eigenvalue weighted by Gasteiger charge is 2.34. The van der Waals surface area contributed by atoms with E-state index in [9.17, 15) is 18.0 Å². The van der Waals surface area contributed by atoms with Crippen LogP contribution in [0.5, 0.6) is 0 Å². The van der Waals surface area contributed by atoms with Gasteiger partial charge in [-0.15, -0.1) is 0 Å². The smallest absolute Gasteiger partial charge is 0.323 e. The Morgan fingerprint density at radius 3 is 2.67 bits per heavy atom. The van der Waals surface area contributed by atoms with Gasteiger partial charge in [0.25, 0.3) is 5.91 Å². The van der Waals surface area contributed by atoms with Crippen LogP contribution in [0.2, 0.25) is 0 Å². The number of hydrogen-bond donors (Lipinski definition) is 2. The Kier molecular flexibility index (Phi) is 4.12. The number of anilines is 1. The van der Waals surface area contributed by atoms with Crippen molar-refractivity contribution in [3.05, 3.63) is 23.9 Å². The zero-order valence-corrected chi connectivity index (χ0v) is 11.9. The van der Waals surface area contributed by atoms with E-state index in [1.165, 1.54) is 23.1 Å². The van der Waals surface area contributed by atoms with Crippen molar-refractivity contribution < 1.29 is 23.1 Å². The predicted octanol–water partition coefficient (Wildman–Crippen LogP) is -0.741. The van der Waals surface area contributed by atoms with E-state index in [2.05, 4.69) is 4.98 Å². The number of rotatable bonds is 5. The summed E-state index contributed by atoms with van der Waals surface area (Å²) in [5.74, 6) is -1.71. The van der Waals surface area contributed by atoms with Gasteiger partial charge in [0.1, 0.15) is 18.1 Å². The zero-order valence-electron chi connectivity index (χ0n) is 11.1. The Morgan fingerprint density at radius 2 is 2.14 bits per heavy atom. The lowest BCUT2D eigenvalue weighted by Crippen LogP contribution is -2.40. The summed E-state index contributed by atoms with van der Waals surface area (Å²) in [6.07, 6.45) is 0.331. The summed E-state index contributed by atoms with van der Waals surface area (Å²) in [6.45, 7) is -0.393. The van der Waals surface area contributed by atoms with E-state index in [-0.39, 0.29) is 23.0 Å². The van der Waals surface area contributed by atoms with Crippen LogP contribution in [0.1, 0.15) is 16.9 Å². The molecule has 3 N–H and O–H groups in total. The van der Waals surface area contributed by atoms with Crippen LogP contribution in [0.15, 0.2) is 18.2 Å². The summed E-state index contributed by atoms with van der Waals surface area (Å²) in [5, 5.41) is 9.00. The minimum absolute atomic E-state index is 0.00347. The fourth-order valence-corrected chi connectivity index (χ4v) is 4.02. The molecule has 0 radical (unpaired) electrons. The molecule has 1 aromatic rings. The fourth-order valence-electron chi connectivity index (χ4n) is 2.28. The molecule has 1 aromatic heterocycles. The molecule has 114 valence electrons. The maximum Gasteiger partial charge on any atom is 0.323 e. The lowest BCUT2D eigenvalue weighted by Gasteiger charge is -2.27. The van der Waals surface area contributed by atoms with Crippen molar-refractivity contribution in [3.8, 4) is 0 Å². The highest BCUT2D eigenvalue weighted by atomic mass is 32.2. The van der Waals surface area contributed by atoms with Crippen molar-refractivity contribution in [2.45, 2.75) is 12.5 Å². The van der Waals surface area contributed by atoms with Crippen LogP contribution in [0, 0.1) is 0 Å². The number of nitrogens with two attached hydrogens (primary N) is 1. The molecule has 8 nitrogen and oxygen atoms in total. The van der Waals surface area contributed by atoms with Crippen molar-refractivity contribution >= 4 is 27.5 Å². The SMILES string of the molecule is NC(=O)c1cccc(N(CC(=O)O)C2CCS(=O)(=O)C2)n1. The number of aliphatic carboxylic acids is 1. The second-order valence-corrected chi connectivity index (χ2v) is 7.05. The normalized spacial score (nSPS) is 20.1. The zero-order chi connectivity index (χ0) is 15.6. The van der Waals surface area contributed by atoms with Crippen molar-refractivity contribution in [1.82, 2.24) is 4.98 Å². The lowest BCUT2D eigenvalue weighted by atomic mass is 10.2. The third-order valence-corrected chi connectivity index (χ3v) is 4.99. The van der Waals surface area contributed by atoms with Gasteiger partial charge < -0.3 is 15.7 Å². The van der Waals surface area contributed by atoms with Crippen LogP contribution < -0.4 is 10.6 Å². The molecule has 1 amide bonds. The number of pyridine rings is 1. The van der Waals surface area contributed by atoms with Gasteiger partial charge in [0.05, 0.1) is 11.5 Å². The van der Waals surface area contributed by atoms with Crippen LogP contribution in [-0.2, 0) is 14.6 Å². The monoisotopic (exact) mass is 313 g/mol. The standard InChI is InChI=1S/C12H15N3O5S/c13-12(18)9-2-1-3-10(14-9)15(6-11(16)17)8-4-5-21(19,20)7-8/h1-3,8H,4-7H2,(H2,13,18)(H,16,17). The quantitative estimate of drug-likeness (QED) is 0.731. The molecule has 1 unspecified atom stereocenters. The topological polar surface area (TPSA) is 131 Å². The average molecular weight is 313 g/mol. The lowest BCUT2D eigenvalue weighted by molar-refractivity contribution is -0.135. The molecule has 0 aromatic carbocycles. The Labute approximate surface area is 121 Å². The molecule has 9 heteroatoms. The summed E-state index contributed by atoms with van der Waals surface area (Å²) < 4.78 is 23.1. The van der Waals surface area contributed by atoms with E-state index in [0.29, 0.717) is 6.42 Å². The number of carboxylic acid groups (broad SMARTS) is 1. The molecule has 1 fully saturated rings. The van der Waals surface area contributed by atoms with Crippen LogP contribution in [0.25, 0.3) is 0 Å². The largest absolute Gasteiger partial charge is 0.480 e. The first-order chi connectivity index (χ1) is 9.78. The maximum atomic E-state index is 11.6. The first-order valence-electron chi connectivity index (χ1n) is 6.24. The van der Waals surface area contributed by atoms with E-state index < -0.39 is 34.3 Å². The van der Waals surface area contributed by atoms with Gasteiger partial charge in [0.2, 0.25) is 0 Å². The Hall–Kier alpha value is -2.16. The number of sulfone groups is 1. The minimum atomic E-state index is -3.16. The molecule has 0 bridgehead atoms. The van der Waals surface area contributed by atoms with Crippen molar-refractivity contribution in [2.75, 3.05) is 23.0 Å². The van der Waals surface area contributed by atoms with Crippen molar-refractivity contribution in [1.29, 1.82) is 0 Å². The minimum Gasteiger partial charge on any atom is -0.480 e. The average Bonchev–Trinajstić information content (AvgIpc) is 2.76. The van der Waals surface area contributed by atoms with Gasteiger partial charge in [-0.1, -0.05) is 6.07 Å². The van der Waals surface area contributed by atoms with Gasteiger partial charge in [-0.3, -0.25) is 9.59 Å². The van der Waals surface area contributed by atoms with Crippen LogP contribution >= 0.6 is 0 Å². The molecule has 0 spiro atoms. The molecule has 1 aliphatic rings. The molecule has 1 aliphatic heterocycles. The molecule has 21 heavy (non-hydrogen) atoms. The first-order valence-corrected chi connectivity index (χ1v) is 8.06. The summed E-state index contributed by atoms with van der Waals surface area (Å²) in [5.41, 5.74) is 5.15. The number of carbonyl (C=O) groups is 2. The molecule has 2 rings (SSSR count). The molecule has 1 atom stereocenters. The molecule has 1 saturated heterocycles. The van der Waals surface area contributed by atoms with E-state index in [1.807, 2.05) is 0 Å². The van der Waals surface area contributed by atoms with Crippen LogP contribution in [0.4, 0.5) is 5.82 Å². The van der Waals surface area contributed by atoms with Crippen LogP contribution in [0.3, 0.4) is 0 Å². The molecule has 0 aliphatic carbocycles. The second-order valence-electron chi connectivity index (χ2n) is 4.82. The van der Waals surface area contributed by atoms with E-state index in [1.54, 1.807) is 0 Å². The third kappa shape index (κ3) is 3.69. The number of nitrogens with zero attached hydrogens (tertiary/aromatic N) is 2. The van der Waals surface area contributed by atoms with Crippen molar-refractivity contribution in [3.63, 3.8) is 0 Å². The van der Waals surface area contributed by atoms with Gasteiger partial charge in [-0.2, -0.15) is 0 Å². The Morgan fingerprint density at radius 1 is 1.43 bits per heavy atom. The Balaban J connectivity index is 2.34. The number of amides is 1. The van der Waals surface area contributed by atoms with Gasteiger partial charge in [-0.25, -0.2) is 13.4 Å². The number of hydrogen-bond acceptors (Lipinski definition) is 6. The van der Waals surface area contributed by atoms with Gasteiger partial charge in [0.15, 0.2) is 9.84 Å². The summed E-state index contributed by atoms with van der Waals surface area (Å²) >= 11 is 0. The number of aromatic nitrogens is 1. The molecule has 2 heterocycles. The van der Waals surface area contributed by atoms with Gasteiger partial charge in [0, 0.05) is 6.04 Å². The molecule has 0 saturated carbocycles. The van der Waals surface area contributed by atoms with Crippen LogP contribution in [-0.4, -0.2) is 54.5 Å². The highest BCUT2D eigenvalue weighted by molar-refractivity contribution is 7.91. The van der Waals surface area contributed by atoms with Gasteiger partial charge >= 0.3 is 5.97 Å². The molecular formula is C12H15N3O5S. The van der Waals surface area contributed by atoms with E-state index in [4.69, 9.17) is 10.8 Å². The maximum absolute atomic E-state index is 11.6. The third-order valence-electron chi connectivity index (χ3n) is 3.24. The Bertz CT molecular complexity index is 673.